The van der Waals surface area contributed by atoms with E-state index in [2.05, 4.69) is 5.92 Å². The summed E-state index contributed by atoms with van der Waals surface area (Å²) in [5.74, 6) is 0.481. The number of hydrogen-bond donors (Lipinski definition) is 1. The molecule has 1 rings (SSSR count). The average molecular weight is 198 g/mol. The first-order valence-corrected chi connectivity index (χ1v) is 3.84. The fourth-order valence-electron chi connectivity index (χ4n) is 0.939. The second kappa shape index (κ2) is 4.58. The van der Waals surface area contributed by atoms with Gasteiger partial charge < -0.3 is 9.84 Å². The van der Waals surface area contributed by atoms with E-state index in [1.54, 1.807) is 0 Å². The molecule has 0 aliphatic heterocycles. The van der Waals surface area contributed by atoms with E-state index in [0.717, 1.165) is 12.1 Å². The molecular weight excluding hydrogens is 190 g/mol. The van der Waals surface area contributed by atoms with Crippen LogP contribution in [0.15, 0.2) is 12.1 Å². The van der Waals surface area contributed by atoms with Gasteiger partial charge in [0.05, 0.1) is 6.61 Å². The minimum absolute atomic E-state index is 0.00940. The molecule has 0 atom stereocenters. The summed E-state index contributed by atoms with van der Waals surface area (Å²) in [5, 5.41) is 8.61. The number of aliphatic hydroxyl groups excluding tert-OH is 1. The Morgan fingerprint density at radius 3 is 2.36 bits per heavy atom. The Balaban J connectivity index is 2.97. The van der Waals surface area contributed by atoms with Crippen molar-refractivity contribution in [3.63, 3.8) is 0 Å². The van der Waals surface area contributed by atoms with Crippen LogP contribution < -0.4 is 4.74 Å². The maximum absolute atomic E-state index is 13.0. The van der Waals surface area contributed by atoms with Gasteiger partial charge in [0.2, 0.25) is 0 Å². The van der Waals surface area contributed by atoms with Crippen LogP contribution in [0.1, 0.15) is 5.56 Å². The van der Waals surface area contributed by atoms with Crippen LogP contribution in [0.3, 0.4) is 0 Å². The molecule has 0 heterocycles. The van der Waals surface area contributed by atoms with E-state index in [4.69, 9.17) is 16.3 Å². The highest BCUT2D eigenvalue weighted by Gasteiger charge is 2.10. The lowest BCUT2D eigenvalue weighted by Crippen LogP contribution is -1.99. The molecule has 0 aliphatic carbocycles. The van der Waals surface area contributed by atoms with Gasteiger partial charge in [-0.1, -0.05) is 5.92 Å². The van der Waals surface area contributed by atoms with E-state index < -0.39 is 18.2 Å². The molecule has 4 heteroatoms. The summed E-state index contributed by atoms with van der Waals surface area (Å²) in [6, 6.07) is 1.96. The van der Waals surface area contributed by atoms with E-state index in [0.29, 0.717) is 0 Å². The fourth-order valence-corrected chi connectivity index (χ4v) is 0.939. The Kier molecular flexibility index (Phi) is 3.43. The summed E-state index contributed by atoms with van der Waals surface area (Å²) < 4.78 is 30.8. The lowest BCUT2D eigenvalue weighted by atomic mass is 10.2. The molecular formula is C10H8F2O2. The van der Waals surface area contributed by atoms with Crippen LogP contribution in [0.5, 0.6) is 5.75 Å². The maximum atomic E-state index is 13.0. The number of aliphatic hydroxyl groups is 1. The minimum Gasteiger partial charge on any atom is -0.481 e. The summed E-state index contributed by atoms with van der Waals surface area (Å²) in [6.07, 6.45) is 4.91. The first-order valence-electron chi connectivity index (χ1n) is 3.84. The number of halogens is 2. The molecule has 0 unspecified atom stereocenters. The number of ether oxygens (including phenoxy) is 1. The molecule has 0 fully saturated rings. The largest absolute Gasteiger partial charge is 0.481 e. The molecule has 0 saturated heterocycles. The SMILES string of the molecule is C#CCOc1cc(F)c(CO)c(F)c1. The summed E-state index contributed by atoms with van der Waals surface area (Å²) in [6.45, 7) is -0.746. The van der Waals surface area contributed by atoms with E-state index in [1.165, 1.54) is 0 Å². The van der Waals surface area contributed by atoms with Gasteiger partial charge >= 0.3 is 0 Å². The van der Waals surface area contributed by atoms with Crippen molar-refractivity contribution < 1.29 is 18.6 Å². The van der Waals surface area contributed by atoms with Crippen LogP contribution in [-0.2, 0) is 6.61 Å². The first-order chi connectivity index (χ1) is 6.69. The number of terminal acetylenes is 1. The van der Waals surface area contributed by atoms with Crippen molar-refractivity contribution in [2.75, 3.05) is 6.61 Å². The molecule has 2 nitrogen and oxygen atoms in total. The van der Waals surface area contributed by atoms with Gasteiger partial charge in [-0.15, -0.1) is 6.42 Å². The third kappa shape index (κ3) is 2.21. The van der Waals surface area contributed by atoms with Crippen molar-refractivity contribution >= 4 is 0 Å². The van der Waals surface area contributed by atoms with Crippen LogP contribution in [0.2, 0.25) is 0 Å². The van der Waals surface area contributed by atoms with Crippen molar-refractivity contribution in [3.05, 3.63) is 29.3 Å². The van der Waals surface area contributed by atoms with E-state index in [1.807, 2.05) is 0 Å². The molecule has 14 heavy (non-hydrogen) atoms. The van der Waals surface area contributed by atoms with Gasteiger partial charge in [0, 0.05) is 17.7 Å². The zero-order valence-electron chi connectivity index (χ0n) is 7.26. The summed E-state index contributed by atoms with van der Waals surface area (Å²) >= 11 is 0. The third-order valence-corrected chi connectivity index (χ3v) is 1.59. The van der Waals surface area contributed by atoms with Crippen molar-refractivity contribution in [2.45, 2.75) is 6.61 Å². The summed E-state index contributed by atoms with van der Waals surface area (Å²) in [4.78, 5) is 0. The molecule has 0 amide bonds. The van der Waals surface area contributed by atoms with Crippen LogP contribution >= 0.6 is 0 Å². The number of rotatable bonds is 3. The monoisotopic (exact) mass is 198 g/mol. The number of benzene rings is 1. The molecule has 1 N–H and O–H groups in total. The highest BCUT2D eigenvalue weighted by Crippen LogP contribution is 2.20. The van der Waals surface area contributed by atoms with Crippen LogP contribution in [0, 0.1) is 24.0 Å². The Labute approximate surface area is 80.1 Å². The molecule has 0 aromatic heterocycles. The van der Waals surface area contributed by atoms with Crippen LogP contribution in [0.25, 0.3) is 0 Å². The highest BCUT2D eigenvalue weighted by molar-refractivity contribution is 5.30. The van der Waals surface area contributed by atoms with Gasteiger partial charge in [-0.3, -0.25) is 0 Å². The van der Waals surface area contributed by atoms with E-state index >= 15 is 0 Å². The zero-order valence-corrected chi connectivity index (χ0v) is 7.26. The maximum Gasteiger partial charge on any atom is 0.148 e. The first kappa shape index (κ1) is 10.5. The minimum atomic E-state index is -0.848. The van der Waals surface area contributed by atoms with E-state index in [9.17, 15) is 8.78 Å². The van der Waals surface area contributed by atoms with Gasteiger partial charge in [-0.2, -0.15) is 0 Å². The molecule has 0 aliphatic rings. The van der Waals surface area contributed by atoms with E-state index in [-0.39, 0.29) is 17.9 Å². The Morgan fingerprint density at radius 2 is 1.93 bits per heavy atom. The molecule has 1 aromatic carbocycles. The van der Waals surface area contributed by atoms with Crippen molar-refractivity contribution in [3.8, 4) is 18.1 Å². The Hall–Kier alpha value is -1.60. The van der Waals surface area contributed by atoms with Crippen molar-refractivity contribution in [1.29, 1.82) is 0 Å². The molecule has 0 saturated carbocycles. The lowest BCUT2D eigenvalue weighted by molar-refractivity contribution is 0.267. The van der Waals surface area contributed by atoms with Crippen molar-refractivity contribution in [1.82, 2.24) is 0 Å². The van der Waals surface area contributed by atoms with Gasteiger partial charge in [0.15, 0.2) is 0 Å². The fraction of sp³-hybridized carbons (Fsp3) is 0.200. The van der Waals surface area contributed by atoms with Crippen molar-refractivity contribution in [2.24, 2.45) is 0 Å². The van der Waals surface area contributed by atoms with Gasteiger partial charge in [0.1, 0.15) is 24.0 Å². The third-order valence-electron chi connectivity index (χ3n) is 1.59. The van der Waals surface area contributed by atoms with Crippen LogP contribution in [-0.4, -0.2) is 11.7 Å². The quantitative estimate of drug-likeness (QED) is 0.745. The lowest BCUT2D eigenvalue weighted by Gasteiger charge is -2.05. The summed E-state index contributed by atoms with van der Waals surface area (Å²) in [7, 11) is 0. The smallest absolute Gasteiger partial charge is 0.148 e. The van der Waals surface area contributed by atoms with Gasteiger partial charge in [-0.25, -0.2) is 8.78 Å². The van der Waals surface area contributed by atoms with Crippen LogP contribution in [0.4, 0.5) is 8.78 Å². The topological polar surface area (TPSA) is 29.5 Å². The second-order valence-electron chi connectivity index (χ2n) is 2.52. The standard InChI is InChI=1S/C10H8F2O2/c1-2-3-14-7-4-9(11)8(6-13)10(12)5-7/h1,4-5,13H,3,6H2. The molecule has 74 valence electrons. The predicted octanol–water partition coefficient (Wildman–Crippen LogP) is 1.47. The predicted molar refractivity (Wildman–Crippen MR) is 46.6 cm³/mol. The average Bonchev–Trinajstić information content (AvgIpc) is 2.14. The van der Waals surface area contributed by atoms with Gasteiger partial charge in [0.25, 0.3) is 0 Å². The molecule has 0 bridgehead atoms. The Bertz CT molecular complexity index is 346. The molecule has 0 radical (unpaired) electrons. The van der Waals surface area contributed by atoms with Gasteiger partial charge in [-0.05, 0) is 0 Å². The Morgan fingerprint density at radius 1 is 1.36 bits per heavy atom. The summed E-state index contributed by atoms with van der Waals surface area (Å²) in [5.41, 5.74) is -0.377. The number of hydrogen-bond acceptors (Lipinski definition) is 2. The molecule has 0 spiro atoms. The zero-order chi connectivity index (χ0) is 10.6. The highest BCUT2D eigenvalue weighted by atomic mass is 19.1. The second-order valence-corrected chi connectivity index (χ2v) is 2.52. The molecule has 1 aromatic rings. The normalized spacial score (nSPS) is 9.57.